The molecule has 3 rings (SSSR count). The van der Waals surface area contributed by atoms with Gasteiger partial charge in [0.05, 0.1) is 6.61 Å². The number of anilines is 1. The summed E-state index contributed by atoms with van der Waals surface area (Å²) in [6.07, 6.45) is 6.97. The minimum atomic E-state index is 0.0426. The average molecular weight is 256 g/mol. The topological polar surface area (TPSA) is 36.4 Å². The maximum absolute atomic E-state index is 9.42. The van der Waals surface area contributed by atoms with Gasteiger partial charge in [0, 0.05) is 30.2 Å². The van der Waals surface area contributed by atoms with E-state index in [1.165, 1.54) is 25.7 Å². The second-order valence-electron chi connectivity index (χ2n) is 5.36. The first kappa shape index (κ1) is 12.4. The van der Waals surface area contributed by atoms with E-state index in [4.69, 9.17) is 0 Å². The van der Waals surface area contributed by atoms with E-state index < -0.39 is 0 Å². The zero-order valence-corrected chi connectivity index (χ0v) is 11.3. The highest BCUT2D eigenvalue weighted by atomic mass is 16.3. The smallest absolute Gasteiger partial charge is 0.136 e. The molecule has 3 nitrogen and oxygen atoms in total. The van der Waals surface area contributed by atoms with E-state index in [9.17, 15) is 5.11 Å². The van der Waals surface area contributed by atoms with Crippen molar-refractivity contribution in [2.75, 3.05) is 11.9 Å². The van der Waals surface area contributed by atoms with Crippen LogP contribution in [0, 0.1) is 0 Å². The predicted molar refractivity (Wildman–Crippen MR) is 78.3 cm³/mol. The Hall–Kier alpha value is -1.61. The molecule has 1 saturated carbocycles. The second kappa shape index (κ2) is 5.17. The minimum absolute atomic E-state index is 0.0426. The highest BCUT2D eigenvalue weighted by molar-refractivity contribution is 5.94. The first-order valence-corrected chi connectivity index (χ1v) is 7.01. The van der Waals surface area contributed by atoms with Crippen LogP contribution in [0.1, 0.15) is 31.2 Å². The number of pyridine rings is 1. The van der Waals surface area contributed by atoms with E-state index in [2.05, 4.69) is 29.1 Å². The van der Waals surface area contributed by atoms with Crippen LogP contribution in [0.5, 0.6) is 0 Å². The summed E-state index contributed by atoms with van der Waals surface area (Å²) in [5, 5.41) is 11.7. The van der Waals surface area contributed by atoms with Crippen LogP contribution in [0.25, 0.3) is 10.8 Å². The van der Waals surface area contributed by atoms with Crippen LogP contribution in [0.15, 0.2) is 30.5 Å². The van der Waals surface area contributed by atoms with Gasteiger partial charge in [0.2, 0.25) is 0 Å². The summed E-state index contributed by atoms with van der Waals surface area (Å²) in [7, 11) is 2.14. The molecule has 0 saturated heterocycles. The molecule has 1 aromatic heterocycles. The van der Waals surface area contributed by atoms with Gasteiger partial charge in [-0.05, 0) is 18.2 Å². The van der Waals surface area contributed by atoms with Crippen molar-refractivity contribution in [3.05, 3.63) is 36.0 Å². The van der Waals surface area contributed by atoms with Crippen LogP contribution in [-0.4, -0.2) is 23.2 Å². The molecule has 3 heteroatoms. The Bertz CT molecular complexity index is 576. The van der Waals surface area contributed by atoms with Crippen molar-refractivity contribution in [1.29, 1.82) is 0 Å². The lowest BCUT2D eigenvalue weighted by molar-refractivity contribution is 0.283. The molecule has 0 unspecified atom stereocenters. The van der Waals surface area contributed by atoms with E-state index in [0.717, 1.165) is 22.2 Å². The van der Waals surface area contributed by atoms with Crippen molar-refractivity contribution in [3.63, 3.8) is 0 Å². The van der Waals surface area contributed by atoms with Crippen molar-refractivity contribution in [3.8, 4) is 0 Å². The number of hydrogen-bond acceptors (Lipinski definition) is 3. The molecule has 0 spiro atoms. The normalized spacial score (nSPS) is 16.1. The van der Waals surface area contributed by atoms with E-state index in [-0.39, 0.29) is 6.61 Å². The lowest BCUT2D eigenvalue weighted by Gasteiger charge is -2.27. The molecular weight excluding hydrogens is 236 g/mol. The molecule has 1 heterocycles. The van der Waals surface area contributed by atoms with Gasteiger partial charge in [0.25, 0.3) is 0 Å². The lowest BCUT2D eigenvalue weighted by atomic mass is 10.1. The largest absolute Gasteiger partial charge is 0.392 e. The molecule has 100 valence electrons. The molecule has 1 aliphatic rings. The van der Waals surface area contributed by atoms with Crippen molar-refractivity contribution >= 4 is 16.6 Å². The predicted octanol–water partition coefficient (Wildman–Crippen LogP) is 3.11. The molecule has 1 N–H and O–H groups in total. The van der Waals surface area contributed by atoms with E-state index in [0.29, 0.717) is 6.04 Å². The molecule has 0 aliphatic heterocycles. The van der Waals surface area contributed by atoms with Crippen LogP contribution < -0.4 is 4.90 Å². The highest BCUT2D eigenvalue weighted by Crippen LogP contribution is 2.31. The maximum Gasteiger partial charge on any atom is 0.136 e. The highest BCUT2D eigenvalue weighted by Gasteiger charge is 2.22. The molecule has 0 atom stereocenters. The van der Waals surface area contributed by atoms with Gasteiger partial charge in [0.1, 0.15) is 5.82 Å². The van der Waals surface area contributed by atoms with E-state index in [1.807, 2.05) is 18.3 Å². The summed E-state index contributed by atoms with van der Waals surface area (Å²) in [6, 6.07) is 8.82. The zero-order chi connectivity index (χ0) is 13.2. The monoisotopic (exact) mass is 256 g/mol. The molecular formula is C16H20N2O. The number of rotatable bonds is 3. The number of nitrogens with zero attached hydrogens (tertiary/aromatic N) is 2. The van der Waals surface area contributed by atoms with Crippen molar-refractivity contribution in [2.45, 2.75) is 38.3 Å². The standard InChI is InChI=1S/C16H20N2O/c1-18(13-6-2-3-7-13)16-15-9-5-4-8-14(15)12(11-19)10-17-16/h4-5,8-10,13,19H,2-3,6-7,11H2,1H3. The van der Waals surface area contributed by atoms with Crippen LogP contribution in [0.2, 0.25) is 0 Å². The van der Waals surface area contributed by atoms with Crippen molar-refractivity contribution in [1.82, 2.24) is 4.98 Å². The third-order valence-electron chi connectivity index (χ3n) is 4.23. The first-order chi connectivity index (χ1) is 9.31. The van der Waals surface area contributed by atoms with E-state index >= 15 is 0 Å². The number of benzene rings is 1. The van der Waals surface area contributed by atoms with Gasteiger partial charge in [-0.25, -0.2) is 4.98 Å². The molecule has 19 heavy (non-hydrogen) atoms. The Balaban J connectivity index is 2.08. The zero-order valence-electron chi connectivity index (χ0n) is 11.3. The molecule has 0 radical (unpaired) electrons. The van der Waals surface area contributed by atoms with Crippen molar-refractivity contribution < 1.29 is 5.11 Å². The van der Waals surface area contributed by atoms with E-state index in [1.54, 1.807) is 0 Å². The number of aliphatic hydroxyl groups excluding tert-OH is 1. The average Bonchev–Trinajstić information content (AvgIpc) is 2.99. The number of aliphatic hydroxyl groups is 1. The summed E-state index contributed by atoms with van der Waals surface area (Å²) < 4.78 is 0. The van der Waals surface area contributed by atoms with Gasteiger partial charge >= 0.3 is 0 Å². The molecule has 1 aliphatic carbocycles. The minimum Gasteiger partial charge on any atom is -0.392 e. The van der Waals surface area contributed by atoms with Gasteiger partial charge in [-0.15, -0.1) is 0 Å². The van der Waals surface area contributed by atoms with Gasteiger partial charge in [0.15, 0.2) is 0 Å². The number of hydrogen-bond donors (Lipinski definition) is 1. The SMILES string of the molecule is CN(c1ncc(CO)c2ccccc12)C1CCCC1. The summed E-state index contributed by atoms with van der Waals surface area (Å²) in [5.41, 5.74) is 0.902. The summed E-state index contributed by atoms with van der Waals surface area (Å²) in [6.45, 7) is 0.0426. The Morgan fingerprint density at radius 1 is 1.21 bits per heavy atom. The Labute approximate surface area is 113 Å². The lowest BCUT2D eigenvalue weighted by Crippen LogP contribution is -2.29. The maximum atomic E-state index is 9.42. The van der Waals surface area contributed by atoms with Gasteiger partial charge < -0.3 is 10.0 Å². The Morgan fingerprint density at radius 3 is 2.58 bits per heavy atom. The van der Waals surface area contributed by atoms with Gasteiger partial charge in [-0.1, -0.05) is 37.1 Å². The molecule has 0 bridgehead atoms. The fraction of sp³-hybridized carbons (Fsp3) is 0.438. The fourth-order valence-corrected chi connectivity index (χ4v) is 3.11. The molecule has 1 fully saturated rings. The van der Waals surface area contributed by atoms with Crippen LogP contribution in [0.4, 0.5) is 5.82 Å². The van der Waals surface area contributed by atoms with Crippen LogP contribution >= 0.6 is 0 Å². The summed E-state index contributed by atoms with van der Waals surface area (Å²) >= 11 is 0. The third-order valence-corrected chi connectivity index (χ3v) is 4.23. The number of fused-ring (bicyclic) bond motifs is 1. The molecule has 2 aromatic rings. The van der Waals surface area contributed by atoms with Gasteiger partial charge in [-0.3, -0.25) is 0 Å². The Kier molecular flexibility index (Phi) is 3.38. The van der Waals surface area contributed by atoms with Gasteiger partial charge in [-0.2, -0.15) is 0 Å². The van der Waals surface area contributed by atoms with Crippen molar-refractivity contribution in [2.24, 2.45) is 0 Å². The summed E-state index contributed by atoms with van der Waals surface area (Å²) in [4.78, 5) is 6.90. The second-order valence-corrected chi connectivity index (χ2v) is 5.36. The third kappa shape index (κ3) is 2.19. The fourth-order valence-electron chi connectivity index (χ4n) is 3.11. The first-order valence-electron chi connectivity index (χ1n) is 7.01. The van der Waals surface area contributed by atoms with Crippen LogP contribution in [0.3, 0.4) is 0 Å². The molecule has 1 aromatic carbocycles. The Morgan fingerprint density at radius 2 is 1.89 bits per heavy atom. The molecule has 0 amide bonds. The quantitative estimate of drug-likeness (QED) is 0.916. The summed E-state index contributed by atoms with van der Waals surface area (Å²) in [5.74, 6) is 1.04. The number of aromatic nitrogens is 1. The van der Waals surface area contributed by atoms with Crippen LogP contribution in [-0.2, 0) is 6.61 Å².